The summed E-state index contributed by atoms with van der Waals surface area (Å²) in [4.78, 5) is 17.2. The maximum Gasteiger partial charge on any atom is 0.188 e. The van der Waals surface area contributed by atoms with Gasteiger partial charge in [-0.2, -0.15) is 0 Å². The van der Waals surface area contributed by atoms with Crippen LogP contribution in [-0.2, 0) is 26.5 Å². The summed E-state index contributed by atoms with van der Waals surface area (Å²) < 4.78 is 2.20. The minimum Gasteiger partial charge on any atom is -0.507 e. The van der Waals surface area contributed by atoms with Crippen LogP contribution in [0.15, 0.2) is 134 Å². The van der Waals surface area contributed by atoms with Crippen molar-refractivity contribution >= 4 is 33.2 Å². The number of aromatic nitrogens is 3. The molecule has 7 heteroatoms. The monoisotopic (exact) mass is 865 g/mol. The van der Waals surface area contributed by atoms with Crippen LogP contribution in [0.5, 0.6) is 5.75 Å². The Labute approximate surface area is 323 Å². The van der Waals surface area contributed by atoms with Crippen molar-refractivity contribution in [3.63, 3.8) is 0 Å². The molecule has 3 heterocycles. The molecule has 3 aromatic heterocycles. The molecule has 8 rings (SSSR count). The van der Waals surface area contributed by atoms with Crippen LogP contribution < -0.4 is 0 Å². The van der Waals surface area contributed by atoms with Crippen molar-refractivity contribution in [3.8, 4) is 56.3 Å². The SMILES string of the molecule is [C-]#[N+]c1ccc2c(c1)c1cc([N+]#[C-])ccc1n2-c1ccccc1-c1cc(-c2[c-]c(-c3cc(C(C)(C)C)ccn3)ccc2)nc(-c2ccccc2O)c1.[Pt]. The number of phenols is 1. The molecule has 0 aliphatic carbocycles. The fraction of sp³-hybridized carbons (Fsp3) is 0.0870. The van der Waals surface area contributed by atoms with Gasteiger partial charge in [0.1, 0.15) is 5.75 Å². The third kappa shape index (κ3) is 6.51. The van der Waals surface area contributed by atoms with E-state index in [2.05, 4.69) is 71.4 Å². The van der Waals surface area contributed by atoms with E-state index in [4.69, 9.17) is 23.1 Å². The van der Waals surface area contributed by atoms with Crippen molar-refractivity contribution in [2.75, 3.05) is 0 Å². The van der Waals surface area contributed by atoms with E-state index < -0.39 is 0 Å². The van der Waals surface area contributed by atoms with Crippen LogP contribution in [0.2, 0.25) is 0 Å². The Hall–Kier alpha value is -6.33. The largest absolute Gasteiger partial charge is 0.507 e. The maximum absolute atomic E-state index is 11.0. The van der Waals surface area contributed by atoms with E-state index in [9.17, 15) is 5.11 Å². The summed E-state index contributed by atoms with van der Waals surface area (Å²) in [5, 5.41) is 12.8. The molecule has 0 amide bonds. The van der Waals surface area contributed by atoms with Gasteiger partial charge in [0.05, 0.1) is 35.6 Å². The molecule has 8 aromatic rings. The van der Waals surface area contributed by atoms with Crippen LogP contribution in [0.25, 0.3) is 82.1 Å². The van der Waals surface area contributed by atoms with E-state index in [-0.39, 0.29) is 32.2 Å². The quantitative estimate of drug-likeness (QED) is 0.175. The van der Waals surface area contributed by atoms with Crippen molar-refractivity contribution in [1.29, 1.82) is 0 Å². The molecule has 258 valence electrons. The van der Waals surface area contributed by atoms with Gasteiger partial charge in [0.25, 0.3) is 0 Å². The summed E-state index contributed by atoms with van der Waals surface area (Å²) in [6.45, 7) is 21.9. The minimum absolute atomic E-state index is 0. The van der Waals surface area contributed by atoms with Gasteiger partial charge in [-0.3, -0.25) is 9.97 Å². The van der Waals surface area contributed by atoms with Crippen LogP contribution in [-0.4, -0.2) is 19.6 Å². The zero-order chi connectivity index (χ0) is 36.0. The Morgan fingerprint density at radius 3 is 1.89 bits per heavy atom. The molecule has 0 saturated carbocycles. The molecule has 6 nitrogen and oxygen atoms in total. The first kappa shape index (κ1) is 35.1. The molecule has 5 aromatic carbocycles. The average Bonchev–Trinajstić information content (AvgIpc) is 3.50. The van der Waals surface area contributed by atoms with E-state index in [1.807, 2.05) is 91.1 Å². The second kappa shape index (κ2) is 14.0. The number of para-hydroxylation sites is 2. The number of hydrogen-bond acceptors (Lipinski definition) is 3. The molecular weight excluding hydrogens is 834 g/mol. The Morgan fingerprint density at radius 2 is 1.25 bits per heavy atom. The molecule has 0 bridgehead atoms. The minimum atomic E-state index is -0.0277. The van der Waals surface area contributed by atoms with Gasteiger partial charge in [0.2, 0.25) is 0 Å². The molecule has 0 spiro atoms. The van der Waals surface area contributed by atoms with Gasteiger partial charge in [-0.1, -0.05) is 86.5 Å². The molecule has 1 N–H and O–H groups in total. The van der Waals surface area contributed by atoms with E-state index in [1.165, 1.54) is 5.56 Å². The number of pyridine rings is 2. The number of hydrogen-bond donors (Lipinski definition) is 1. The normalized spacial score (nSPS) is 11.2. The van der Waals surface area contributed by atoms with Gasteiger partial charge < -0.3 is 9.67 Å². The second-order valence-corrected chi connectivity index (χ2v) is 13.8. The molecule has 0 fully saturated rings. The smallest absolute Gasteiger partial charge is 0.188 e. The Morgan fingerprint density at radius 1 is 0.642 bits per heavy atom. The predicted octanol–water partition coefficient (Wildman–Crippen LogP) is 12.1. The molecular formula is C46H32N5OPt-. The van der Waals surface area contributed by atoms with E-state index in [1.54, 1.807) is 12.1 Å². The Bertz CT molecular complexity index is 2710. The van der Waals surface area contributed by atoms with Crippen LogP contribution >= 0.6 is 0 Å². The van der Waals surface area contributed by atoms with E-state index in [0.717, 1.165) is 55.4 Å². The van der Waals surface area contributed by atoms with Crippen LogP contribution in [0.3, 0.4) is 0 Å². The van der Waals surface area contributed by atoms with Gasteiger partial charge in [-0.15, -0.1) is 24.3 Å². The Balaban J connectivity index is 0.00000435. The van der Waals surface area contributed by atoms with E-state index in [0.29, 0.717) is 28.3 Å². The maximum atomic E-state index is 11.0. The topological polar surface area (TPSA) is 59.7 Å². The number of rotatable bonds is 5. The third-order valence-corrected chi connectivity index (χ3v) is 9.42. The number of fused-ring (bicyclic) bond motifs is 3. The number of aromatic hydroxyl groups is 1. The molecule has 0 unspecified atom stereocenters. The fourth-order valence-electron chi connectivity index (χ4n) is 6.78. The summed E-state index contributed by atoms with van der Waals surface area (Å²) in [5.74, 6) is 0.140. The van der Waals surface area contributed by atoms with Crippen molar-refractivity contribution in [1.82, 2.24) is 14.5 Å². The molecule has 0 saturated heterocycles. The van der Waals surface area contributed by atoms with Gasteiger partial charge in [0, 0.05) is 49.8 Å². The zero-order valence-corrected chi connectivity index (χ0v) is 31.5. The predicted molar refractivity (Wildman–Crippen MR) is 210 cm³/mol. The van der Waals surface area contributed by atoms with Crippen molar-refractivity contribution in [2.24, 2.45) is 0 Å². The van der Waals surface area contributed by atoms with Crippen molar-refractivity contribution in [3.05, 3.63) is 168 Å². The zero-order valence-electron chi connectivity index (χ0n) is 29.2. The van der Waals surface area contributed by atoms with Gasteiger partial charge >= 0.3 is 0 Å². The second-order valence-electron chi connectivity index (χ2n) is 13.8. The van der Waals surface area contributed by atoms with Crippen molar-refractivity contribution < 1.29 is 26.2 Å². The molecule has 53 heavy (non-hydrogen) atoms. The molecule has 0 radical (unpaired) electrons. The summed E-state index contributed by atoms with van der Waals surface area (Å²) in [6.07, 6.45) is 1.85. The number of nitrogens with zero attached hydrogens (tertiary/aromatic N) is 5. The average molecular weight is 866 g/mol. The first-order valence-electron chi connectivity index (χ1n) is 16.9. The first-order chi connectivity index (χ1) is 25.2. The first-order valence-corrected chi connectivity index (χ1v) is 16.9. The molecule has 0 aliphatic rings. The van der Waals surface area contributed by atoms with E-state index >= 15 is 0 Å². The number of phenolic OH excluding ortho intramolecular Hbond substituents is 1. The van der Waals surface area contributed by atoms with Crippen LogP contribution in [0, 0.1) is 19.2 Å². The molecule has 0 atom stereocenters. The van der Waals surface area contributed by atoms with Crippen LogP contribution in [0.1, 0.15) is 26.3 Å². The van der Waals surface area contributed by atoms with Crippen LogP contribution in [0.4, 0.5) is 11.4 Å². The molecule has 0 aliphatic heterocycles. The standard InChI is InChI=1S/C46H32N5O.Pt/c1-46(2,3)32-21-22-49-39(26-32)29-11-10-12-30(23-29)40-24-31(25-41(50-40)36-14-7-9-16-45(36)52)35-13-6-8-15-42(35)51-43-19-17-33(47-4)27-37(43)38-28-34(48-5)18-20-44(38)51;/h6-22,24-28,52H,1-3H3;/q-1;. The summed E-state index contributed by atoms with van der Waals surface area (Å²) in [7, 11) is 0. The van der Waals surface area contributed by atoms with Gasteiger partial charge in [-0.25, -0.2) is 9.69 Å². The number of benzene rings is 5. The van der Waals surface area contributed by atoms with Gasteiger partial charge in [-0.05, 0) is 81.9 Å². The summed E-state index contributed by atoms with van der Waals surface area (Å²) in [6, 6.07) is 44.7. The van der Waals surface area contributed by atoms with Crippen molar-refractivity contribution in [2.45, 2.75) is 26.2 Å². The third-order valence-electron chi connectivity index (χ3n) is 9.42. The van der Waals surface area contributed by atoms with Gasteiger partial charge in [0.15, 0.2) is 11.4 Å². The Kier molecular flexibility index (Phi) is 9.27. The summed E-state index contributed by atoms with van der Waals surface area (Å²) in [5.41, 5.74) is 11.3. The summed E-state index contributed by atoms with van der Waals surface area (Å²) >= 11 is 0. The fourth-order valence-corrected chi connectivity index (χ4v) is 6.78.